The van der Waals surface area contributed by atoms with Gasteiger partial charge in [0.1, 0.15) is 17.9 Å². The Morgan fingerprint density at radius 1 is 1.57 bits per heavy atom. The van der Waals surface area contributed by atoms with Crippen LogP contribution in [0.1, 0.15) is 17.4 Å². The molecule has 1 aromatic rings. The predicted molar refractivity (Wildman–Crippen MR) is 53.8 cm³/mol. The van der Waals surface area contributed by atoms with Gasteiger partial charge >= 0.3 is 0 Å². The number of nitrogens with zero attached hydrogens (tertiary/aromatic N) is 2. The number of aliphatic hydroxyl groups is 2. The van der Waals surface area contributed by atoms with Gasteiger partial charge in [0, 0.05) is 17.5 Å². The number of nitriles is 1. The van der Waals surface area contributed by atoms with E-state index in [1.807, 2.05) is 6.07 Å². The Labute approximate surface area is 87.2 Å². The molecule has 0 aliphatic heterocycles. The second-order valence-electron chi connectivity index (χ2n) is 2.75. The first kappa shape index (κ1) is 11.0. The van der Waals surface area contributed by atoms with Crippen molar-refractivity contribution >= 4 is 12.6 Å². The fourth-order valence-electron chi connectivity index (χ4n) is 1.06. The minimum atomic E-state index is -1.11. The molecule has 0 aliphatic carbocycles. The van der Waals surface area contributed by atoms with Gasteiger partial charge in [0.15, 0.2) is 0 Å². The third-order valence-corrected chi connectivity index (χ3v) is 2.19. The normalized spacial score (nSPS) is 14.4. The minimum Gasteiger partial charge on any atom is -0.389 e. The topological polar surface area (TPSA) is 77.1 Å². The SMILES string of the molecule is N#Cc1ncccc1C(O)C(O)CS. The molecule has 0 radical (unpaired) electrons. The third-order valence-electron chi connectivity index (χ3n) is 1.81. The summed E-state index contributed by atoms with van der Waals surface area (Å²) in [5.41, 5.74) is 0.456. The van der Waals surface area contributed by atoms with Crippen molar-refractivity contribution in [2.24, 2.45) is 0 Å². The summed E-state index contributed by atoms with van der Waals surface area (Å²) in [5.74, 6) is 0.126. The molecule has 74 valence electrons. The molecule has 1 rings (SSSR count). The zero-order valence-corrected chi connectivity index (χ0v) is 8.22. The molecule has 2 unspecified atom stereocenters. The molecule has 0 saturated carbocycles. The average molecular weight is 210 g/mol. The number of rotatable bonds is 3. The Kier molecular flexibility index (Phi) is 3.89. The Hall–Kier alpha value is -1.09. The third kappa shape index (κ3) is 2.23. The van der Waals surface area contributed by atoms with Crippen molar-refractivity contribution in [3.05, 3.63) is 29.6 Å². The van der Waals surface area contributed by atoms with Gasteiger partial charge in [0.25, 0.3) is 0 Å². The maximum absolute atomic E-state index is 9.61. The predicted octanol–water partition coefficient (Wildman–Crippen LogP) is 0.277. The van der Waals surface area contributed by atoms with Crippen molar-refractivity contribution in [1.82, 2.24) is 4.98 Å². The number of pyridine rings is 1. The van der Waals surface area contributed by atoms with Gasteiger partial charge in [-0.15, -0.1) is 0 Å². The first-order valence-corrected chi connectivity index (χ1v) is 4.66. The summed E-state index contributed by atoms with van der Waals surface area (Å²) in [6.07, 6.45) is -0.646. The fourth-order valence-corrected chi connectivity index (χ4v) is 1.26. The molecular formula is C9H10N2O2S. The van der Waals surface area contributed by atoms with Crippen LogP contribution in [0.25, 0.3) is 0 Å². The smallest absolute Gasteiger partial charge is 0.146 e. The van der Waals surface area contributed by atoms with Gasteiger partial charge in [-0.1, -0.05) is 6.07 Å². The lowest BCUT2D eigenvalue weighted by Crippen LogP contribution is -2.20. The molecule has 0 amide bonds. The van der Waals surface area contributed by atoms with E-state index >= 15 is 0 Å². The first-order valence-electron chi connectivity index (χ1n) is 4.02. The number of aromatic nitrogens is 1. The molecule has 2 atom stereocenters. The zero-order valence-electron chi connectivity index (χ0n) is 7.33. The molecule has 0 saturated heterocycles. The summed E-state index contributed by atoms with van der Waals surface area (Å²) >= 11 is 3.86. The number of aliphatic hydroxyl groups excluding tert-OH is 2. The van der Waals surface area contributed by atoms with E-state index < -0.39 is 12.2 Å². The Morgan fingerprint density at radius 2 is 2.29 bits per heavy atom. The largest absolute Gasteiger partial charge is 0.389 e. The van der Waals surface area contributed by atoms with Crippen LogP contribution in [-0.4, -0.2) is 27.1 Å². The van der Waals surface area contributed by atoms with Crippen LogP contribution in [0.15, 0.2) is 18.3 Å². The Morgan fingerprint density at radius 3 is 2.86 bits per heavy atom. The van der Waals surface area contributed by atoms with Crippen molar-refractivity contribution in [2.45, 2.75) is 12.2 Å². The lowest BCUT2D eigenvalue weighted by molar-refractivity contribution is 0.0333. The molecule has 0 bridgehead atoms. The van der Waals surface area contributed by atoms with Gasteiger partial charge in [0.2, 0.25) is 0 Å². The lowest BCUT2D eigenvalue weighted by Gasteiger charge is -2.16. The van der Waals surface area contributed by atoms with Crippen LogP contribution in [0.2, 0.25) is 0 Å². The van der Waals surface area contributed by atoms with Gasteiger partial charge in [-0.25, -0.2) is 4.98 Å². The van der Waals surface area contributed by atoms with Crippen molar-refractivity contribution in [3.8, 4) is 6.07 Å². The molecule has 1 aromatic heterocycles. The maximum Gasteiger partial charge on any atom is 0.146 e. The van der Waals surface area contributed by atoms with Gasteiger partial charge in [-0.3, -0.25) is 0 Å². The van der Waals surface area contributed by atoms with E-state index in [4.69, 9.17) is 5.26 Å². The second kappa shape index (κ2) is 4.96. The highest BCUT2D eigenvalue weighted by atomic mass is 32.1. The van der Waals surface area contributed by atoms with Crippen molar-refractivity contribution in [3.63, 3.8) is 0 Å². The first-order chi connectivity index (χ1) is 6.70. The highest BCUT2D eigenvalue weighted by Crippen LogP contribution is 2.19. The molecule has 0 aromatic carbocycles. The van der Waals surface area contributed by atoms with E-state index in [1.54, 1.807) is 12.1 Å². The minimum absolute atomic E-state index is 0.126. The van der Waals surface area contributed by atoms with Crippen LogP contribution >= 0.6 is 12.6 Å². The molecule has 1 heterocycles. The van der Waals surface area contributed by atoms with Gasteiger partial charge in [-0.05, 0) is 6.07 Å². The van der Waals surface area contributed by atoms with E-state index in [1.165, 1.54) is 6.20 Å². The van der Waals surface area contributed by atoms with Gasteiger partial charge < -0.3 is 10.2 Å². The Balaban J connectivity index is 3.01. The van der Waals surface area contributed by atoms with Crippen LogP contribution in [0.4, 0.5) is 0 Å². The summed E-state index contributed by atoms with van der Waals surface area (Å²) in [5, 5.41) is 27.6. The van der Waals surface area contributed by atoms with Crippen LogP contribution in [-0.2, 0) is 0 Å². The zero-order chi connectivity index (χ0) is 10.6. The van der Waals surface area contributed by atoms with Crippen molar-refractivity contribution in [2.75, 3.05) is 5.75 Å². The summed E-state index contributed by atoms with van der Waals surface area (Å²) in [4.78, 5) is 3.78. The summed E-state index contributed by atoms with van der Waals surface area (Å²) in [6.45, 7) is 0. The molecule has 0 fully saturated rings. The standard InChI is InChI=1S/C9H10N2O2S/c10-4-7-6(2-1-3-11-7)9(13)8(12)5-14/h1-3,8-9,12-14H,5H2. The second-order valence-corrected chi connectivity index (χ2v) is 3.11. The van der Waals surface area contributed by atoms with Crippen molar-refractivity contribution in [1.29, 1.82) is 5.26 Å². The fraction of sp³-hybridized carbons (Fsp3) is 0.333. The van der Waals surface area contributed by atoms with Crippen LogP contribution < -0.4 is 0 Å². The highest BCUT2D eigenvalue weighted by Gasteiger charge is 2.20. The lowest BCUT2D eigenvalue weighted by atomic mass is 10.0. The number of hydrogen-bond donors (Lipinski definition) is 3. The summed E-state index contributed by atoms with van der Waals surface area (Å²) in [6, 6.07) is 5.01. The molecular weight excluding hydrogens is 200 g/mol. The molecule has 0 aliphatic rings. The Bertz CT molecular complexity index is 351. The van der Waals surface area contributed by atoms with E-state index in [0.717, 1.165) is 0 Å². The average Bonchev–Trinajstić information content (AvgIpc) is 2.26. The molecule has 14 heavy (non-hydrogen) atoms. The van der Waals surface area contributed by atoms with Gasteiger partial charge in [0.05, 0.1) is 6.10 Å². The summed E-state index contributed by atoms with van der Waals surface area (Å²) < 4.78 is 0. The molecule has 0 spiro atoms. The van der Waals surface area contributed by atoms with Crippen molar-refractivity contribution < 1.29 is 10.2 Å². The van der Waals surface area contributed by atoms with Gasteiger partial charge in [-0.2, -0.15) is 17.9 Å². The van der Waals surface area contributed by atoms with Crippen LogP contribution in [0.3, 0.4) is 0 Å². The molecule has 5 heteroatoms. The molecule has 2 N–H and O–H groups in total. The van der Waals surface area contributed by atoms with E-state index in [0.29, 0.717) is 5.56 Å². The van der Waals surface area contributed by atoms with E-state index in [2.05, 4.69) is 17.6 Å². The monoisotopic (exact) mass is 210 g/mol. The van der Waals surface area contributed by atoms with E-state index in [9.17, 15) is 10.2 Å². The number of hydrogen-bond acceptors (Lipinski definition) is 5. The van der Waals surface area contributed by atoms with E-state index in [-0.39, 0.29) is 11.4 Å². The van der Waals surface area contributed by atoms with Crippen LogP contribution in [0.5, 0.6) is 0 Å². The number of thiol groups is 1. The highest BCUT2D eigenvalue weighted by molar-refractivity contribution is 7.80. The molecule has 4 nitrogen and oxygen atoms in total. The maximum atomic E-state index is 9.61. The van der Waals surface area contributed by atoms with Crippen LogP contribution in [0, 0.1) is 11.3 Å². The quantitative estimate of drug-likeness (QED) is 0.626. The summed E-state index contributed by atoms with van der Waals surface area (Å²) in [7, 11) is 0.